The van der Waals surface area contributed by atoms with E-state index in [1.165, 1.54) is 0 Å². The van der Waals surface area contributed by atoms with Crippen molar-refractivity contribution in [3.63, 3.8) is 0 Å². The lowest BCUT2D eigenvalue weighted by Gasteiger charge is -2.33. The normalized spacial score (nSPS) is 40.6. The van der Waals surface area contributed by atoms with Crippen molar-refractivity contribution >= 4 is 5.97 Å². The number of carbonyl (C=O) groups is 1. The number of aliphatic carboxylic acids is 1. The third-order valence-corrected chi connectivity index (χ3v) is 4.81. The van der Waals surface area contributed by atoms with Crippen LogP contribution in [0.3, 0.4) is 0 Å². The van der Waals surface area contributed by atoms with E-state index < -0.39 is 11.5 Å². The highest BCUT2D eigenvalue weighted by Gasteiger charge is 2.47. The highest BCUT2D eigenvalue weighted by atomic mass is 16.5. The Bertz CT molecular complexity index is 323. The number of carboxylic acids is 1. The van der Waals surface area contributed by atoms with E-state index in [0.29, 0.717) is 24.9 Å². The van der Waals surface area contributed by atoms with Gasteiger partial charge in [0.25, 0.3) is 0 Å². The molecule has 4 atom stereocenters. The Labute approximate surface area is 108 Å². The predicted octanol–water partition coefficient (Wildman–Crippen LogP) is 0.691. The highest BCUT2D eigenvalue weighted by Crippen LogP contribution is 2.35. The van der Waals surface area contributed by atoms with Crippen molar-refractivity contribution in [1.29, 1.82) is 0 Å². The smallest absolute Gasteiger partial charge is 0.323 e. The third-order valence-electron chi connectivity index (χ3n) is 4.81. The summed E-state index contributed by atoms with van der Waals surface area (Å²) in [5.74, 6) is -0.725. The number of rotatable bonds is 4. The predicted molar refractivity (Wildman–Crippen MR) is 68.6 cm³/mol. The summed E-state index contributed by atoms with van der Waals surface area (Å²) in [6.45, 7) is 2.92. The number of hydrogen-bond acceptors (Lipinski definition) is 4. The average Bonchev–Trinajstić information content (AvgIpc) is 2.95. The van der Waals surface area contributed by atoms with Crippen molar-refractivity contribution in [2.45, 2.75) is 56.3 Å². The number of nitrogens with one attached hydrogen (secondary N) is 1. The molecule has 18 heavy (non-hydrogen) atoms. The van der Waals surface area contributed by atoms with Crippen molar-refractivity contribution in [3.05, 3.63) is 0 Å². The van der Waals surface area contributed by atoms with Gasteiger partial charge in [-0.25, -0.2) is 0 Å². The quantitative estimate of drug-likeness (QED) is 0.775. The Morgan fingerprint density at radius 2 is 2.22 bits per heavy atom. The first-order valence-electron chi connectivity index (χ1n) is 6.76. The Morgan fingerprint density at radius 1 is 1.50 bits per heavy atom. The monoisotopic (exact) mass is 256 g/mol. The fourth-order valence-electron chi connectivity index (χ4n) is 3.42. The minimum atomic E-state index is -0.734. The van der Waals surface area contributed by atoms with Crippen molar-refractivity contribution in [2.75, 3.05) is 20.7 Å². The van der Waals surface area contributed by atoms with Gasteiger partial charge in [0.2, 0.25) is 0 Å². The first kappa shape index (κ1) is 13.8. The van der Waals surface area contributed by atoms with Crippen LogP contribution in [-0.2, 0) is 9.53 Å². The lowest BCUT2D eigenvalue weighted by atomic mass is 9.97. The Kier molecular flexibility index (Phi) is 3.94. The van der Waals surface area contributed by atoms with Gasteiger partial charge in [-0.2, -0.15) is 0 Å². The van der Waals surface area contributed by atoms with Crippen LogP contribution in [0.25, 0.3) is 0 Å². The van der Waals surface area contributed by atoms with E-state index in [1.807, 2.05) is 0 Å². The first-order valence-corrected chi connectivity index (χ1v) is 6.76. The summed E-state index contributed by atoms with van der Waals surface area (Å²) in [5.41, 5.74) is -0.734. The van der Waals surface area contributed by atoms with Gasteiger partial charge in [0.1, 0.15) is 5.54 Å². The fourth-order valence-corrected chi connectivity index (χ4v) is 3.42. The van der Waals surface area contributed by atoms with E-state index in [4.69, 9.17) is 4.74 Å². The molecule has 4 unspecified atom stereocenters. The highest BCUT2D eigenvalue weighted by molar-refractivity contribution is 5.79. The minimum absolute atomic E-state index is 0.254. The summed E-state index contributed by atoms with van der Waals surface area (Å²) in [4.78, 5) is 13.7. The number of hydrogen-bond donors (Lipinski definition) is 2. The van der Waals surface area contributed by atoms with Crippen LogP contribution in [0.1, 0.15) is 32.6 Å². The summed E-state index contributed by atoms with van der Waals surface area (Å²) in [7, 11) is 3.85. The van der Waals surface area contributed by atoms with Gasteiger partial charge in [0.15, 0.2) is 0 Å². The third kappa shape index (κ3) is 2.27. The van der Waals surface area contributed by atoms with Crippen LogP contribution in [0.15, 0.2) is 0 Å². The Hall–Kier alpha value is -0.650. The zero-order valence-electron chi connectivity index (χ0n) is 11.5. The Morgan fingerprint density at radius 3 is 2.67 bits per heavy atom. The van der Waals surface area contributed by atoms with E-state index in [0.717, 1.165) is 19.4 Å². The van der Waals surface area contributed by atoms with Crippen LogP contribution in [-0.4, -0.2) is 60.4 Å². The zero-order valence-corrected chi connectivity index (χ0v) is 11.5. The summed E-state index contributed by atoms with van der Waals surface area (Å²) in [5, 5.41) is 12.4. The zero-order chi connectivity index (χ0) is 13.3. The van der Waals surface area contributed by atoms with Gasteiger partial charge in [-0.3, -0.25) is 9.69 Å². The van der Waals surface area contributed by atoms with Crippen LogP contribution in [0.5, 0.6) is 0 Å². The molecule has 1 heterocycles. The SMILES string of the molecule is CNC1(C(=O)O)CCC(N(C)C2CCOC2C)C1. The maximum absolute atomic E-state index is 11.4. The standard InChI is InChI=1S/C13H24N2O3/c1-9-11(5-7-18-9)15(3)10-4-6-13(8-10,14-2)12(16)17/h9-11,14H,4-8H2,1-3H3,(H,16,17). The van der Waals surface area contributed by atoms with Crippen molar-refractivity contribution in [1.82, 2.24) is 10.2 Å². The largest absolute Gasteiger partial charge is 0.480 e. The van der Waals surface area contributed by atoms with Gasteiger partial charge >= 0.3 is 5.97 Å². The molecule has 2 aliphatic rings. The van der Waals surface area contributed by atoms with E-state index in [9.17, 15) is 9.90 Å². The molecule has 0 aromatic carbocycles. The second-order valence-corrected chi connectivity index (χ2v) is 5.63. The molecule has 2 rings (SSSR count). The van der Waals surface area contributed by atoms with Gasteiger partial charge < -0.3 is 15.2 Å². The number of ether oxygens (including phenoxy) is 1. The number of nitrogens with zero attached hydrogens (tertiary/aromatic N) is 1. The Balaban J connectivity index is 2.01. The molecule has 2 fully saturated rings. The van der Waals surface area contributed by atoms with Crippen molar-refractivity contribution < 1.29 is 14.6 Å². The molecular formula is C13H24N2O3. The van der Waals surface area contributed by atoms with Gasteiger partial charge in [-0.1, -0.05) is 0 Å². The molecule has 0 amide bonds. The van der Waals surface area contributed by atoms with Crippen molar-refractivity contribution in [2.24, 2.45) is 0 Å². The molecule has 0 spiro atoms. The van der Waals surface area contributed by atoms with Crippen LogP contribution in [0, 0.1) is 0 Å². The molecule has 0 aromatic rings. The second-order valence-electron chi connectivity index (χ2n) is 5.63. The van der Waals surface area contributed by atoms with E-state index in [1.54, 1.807) is 7.05 Å². The average molecular weight is 256 g/mol. The number of carboxylic acid groups (broad SMARTS) is 1. The van der Waals surface area contributed by atoms with Crippen LogP contribution < -0.4 is 5.32 Å². The molecule has 104 valence electrons. The molecule has 1 aliphatic heterocycles. The van der Waals surface area contributed by atoms with Gasteiger partial charge in [0.05, 0.1) is 6.10 Å². The van der Waals surface area contributed by atoms with E-state index in [2.05, 4.69) is 24.2 Å². The molecule has 1 aliphatic carbocycles. The summed E-state index contributed by atoms with van der Waals surface area (Å²) < 4.78 is 5.60. The summed E-state index contributed by atoms with van der Waals surface area (Å²) >= 11 is 0. The van der Waals surface area contributed by atoms with E-state index in [-0.39, 0.29) is 6.10 Å². The molecule has 0 radical (unpaired) electrons. The maximum Gasteiger partial charge on any atom is 0.323 e. The molecule has 0 aromatic heterocycles. The lowest BCUT2D eigenvalue weighted by Crippen LogP contribution is -2.50. The summed E-state index contributed by atoms with van der Waals surface area (Å²) in [6.07, 6.45) is 3.62. The molecular weight excluding hydrogens is 232 g/mol. The molecule has 1 saturated carbocycles. The second kappa shape index (κ2) is 5.15. The molecule has 2 N–H and O–H groups in total. The van der Waals surface area contributed by atoms with Gasteiger partial charge in [0, 0.05) is 18.7 Å². The molecule has 5 heteroatoms. The number of likely N-dealkylation sites (N-methyl/N-ethyl adjacent to an activating group) is 2. The first-order chi connectivity index (χ1) is 8.50. The van der Waals surface area contributed by atoms with Crippen LogP contribution in [0.4, 0.5) is 0 Å². The maximum atomic E-state index is 11.4. The summed E-state index contributed by atoms with van der Waals surface area (Å²) in [6, 6.07) is 0.763. The molecule has 1 saturated heterocycles. The molecule has 5 nitrogen and oxygen atoms in total. The minimum Gasteiger partial charge on any atom is -0.480 e. The topological polar surface area (TPSA) is 61.8 Å². The van der Waals surface area contributed by atoms with Crippen LogP contribution in [0.2, 0.25) is 0 Å². The lowest BCUT2D eigenvalue weighted by molar-refractivity contribution is -0.144. The van der Waals surface area contributed by atoms with Gasteiger partial charge in [-0.15, -0.1) is 0 Å². The van der Waals surface area contributed by atoms with E-state index >= 15 is 0 Å². The van der Waals surface area contributed by atoms with Gasteiger partial charge in [-0.05, 0) is 46.7 Å². The fraction of sp³-hybridized carbons (Fsp3) is 0.923. The van der Waals surface area contributed by atoms with Crippen LogP contribution >= 0.6 is 0 Å². The molecule has 0 bridgehead atoms. The van der Waals surface area contributed by atoms with Crippen molar-refractivity contribution in [3.8, 4) is 0 Å².